The van der Waals surface area contributed by atoms with E-state index in [-0.39, 0.29) is 18.5 Å². The normalized spacial score (nSPS) is 19.9. The molecule has 1 aliphatic rings. The molecule has 7 nitrogen and oxygen atoms in total. The summed E-state index contributed by atoms with van der Waals surface area (Å²) in [5.41, 5.74) is 0.812. The van der Waals surface area contributed by atoms with E-state index in [2.05, 4.69) is 20.8 Å². The Balaban J connectivity index is 1.68. The number of aromatic nitrogens is 4. The number of hydrogen-bond donors (Lipinski definition) is 1. The van der Waals surface area contributed by atoms with Gasteiger partial charge in [-0.15, -0.1) is 5.10 Å². The number of carbonyl (C=O) groups is 1. The van der Waals surface area contributed by atoms with Crippen LogP contribution in [0.25, 0.3) is 0 Å². The van der Waals surface area contributed by atoms with Crippen molar-refractivity contribution in [1.82, 2.24) is 30.4 Å². The first kappa shape index (κ1) is 21.0. The molecule has 0 unspecified atom stereocenters. The number of hydrogen-bond acceptors (Lipinski definition) is 5. The number of nitrogens with one attached hydrogen (secondary N) is 1. The topological polar surface area (TPSA) is 75.9 Å². The number of benzene rings is 1. The minimum atomic E-state index is -4.41. The maximum atomic E-state index is 12.9. The van der Waals surface area contributed by atoms with Crippen LogP contribution in [0.15, 0.2) is 42.2 Å². The van der Waals surface area contributed by atoms with Crippen molar-refractivity contribution in [2.75, 3.05) is 13.1 Å². The smallest absolute Gasteiger partial charge is 0.351 e. The average molecular weight is 408 g/mol. The van der Waals surface area contributed by atoms with E-state index in [1.54, 1.807) is 10.7 Å². The average Bonchev–Trinajstić information content (AvgIpc) is 3.33. The molecule has 0 radical (unpaired) electrons. The minimum Gasteiger partial charge on any atom is -0.351 e. The lowest BCUT2D eigenvalue weighted by Gasteiger charge is -2.22. The van der Waals surface area contributed by atoms with Crippen molar-refractivity contribution in [3.63, 3.8) is 0 Å². The van der Waals surface area contributed by atoms with Crippen LogP contribution in [-0.2, 0) is 17.5 Å². The van der Waals surface area contributed by atoms with Crippen LogP contribution in [-0.4, -0.2) is 50.1 Å². The minimum absolute atomic E-state index is 0.0330. The predicted molar refractivity (Wildman–Crippen MR) is 99.6 cm³/mol. The van der Waals surface area contributed by atoms with Crippen molar-refractivity contribution in [2.45, 2.75) is 45.1 Å². The Labute approximate surface area is 166 Å². The Kier molecular flexibility index (Phi) is 6.31. The highest BCUT2D eigenvalue weighted by Crippen LogP contribution is 2.30. The summed E-state index contributed by atoms with van der Waals surface area (Å²) >= 11 is 0. The van der Waals surface area contributed by atoms with Crippen molar-refractivity contribution in [3.05, 3.63) is 53.4 Å². The molecule has 1 aromatic carbocycles. The highest BCUT2D eigenvalue weighted by molar-refractivity contribution is 5.82. The van der Waals surface area contributed by atoms with Gasteiger partial charge >= 0.3 is 6.18 Å². The number of nitrogens with zero attached hydrogens (tertiary/aromatic N) is 5. The maximum absolute atomic E-state index is 12.9. The first-order valence-corrected chi connectivity index (χ1v) is 9.28. The van der Waals surface area contributed by atoms with E-state index < -0.39 is 17.8 Å². The molecule has 0 spiro atoms. The second kappa shape index (κ2) is 8.73. The quantitative estimate of drug-likeness (QED) is 0.744. The number of rotatable bonds is 6. The van der Waals surface area contributed by atoms with Gasteiger partial charge in [-0.25, -0.2) is 4.68 Å². The van der Waals surface area contributed by atoms with E-state index in [0.29, 0.717) is 25.1 Å². The van der Waals surface area contributed by atoms with Crippen molar-refractivity contribution < 1.29 is 18.0 Å². The van der Waals surface area contributed by atoms with Crippen molar-refractivity contribution >= 4 is 5.91 Å². The number of allylic oxidation sites excluding steroid dienone is 1. The molecule has 10 heteroatoms. The second-order valence-electron chi connectivity index (χ2n) is 7.35. The third-order valence-electron chi connectivity index (χ3n) is 4.88. The van der Waals surface area contributed by atoms with Gasteiger partial charge in [-0.1, -0.05) is 23.8 Å². The molecule has 156 valence electrons. The Morgan fingerprint density at radius 2 is 2.14 bits per heavy atom. The molecule has 0 bridgehead atoms. The van der Waals surface area contributed by atoms with E-state index in [4.69, 9.17) is 0 Å². The third-order valence-corrected chi connectivity index (χ3v) is 4.88. The van der Waals surface area contributed by atoms with Crippen LogP contribution >= 0.6 is 0 Å². The van der Waals surface area contributed by atoms with Crippen LogP contribution in [0.1, 0.15) is 37.4 Å². The summed E-state index contributed by atoms with van der Waals surface area (Å²) in [4.78, 5) is 14.8. The molecule has 0 aliphatic carbocycles. The van der Waals surface area contributed by atoms with Crippen molar-refractivity contribution in [1.29, 1.82) is 0 Å². The SMILES string of the molecule is CC(C)=CCN1C[C@H](n2cnnn2)C[C@H]1C(=O)NCc1cccc(C(F)(F)F)c1. The lowest BCUT2D eigenvalue weighted by molar-refractivity contribution is -0.137. The zero-order chi connectivity index (χ0) is 21.0. The van der Waals surface area contributed by atoms with Crippen LogP contribution in [0, 0.1) is 0 Å². The first-order chi connectivity index (χ1) is 13.7. The van der Waals surface area contributed by atoms with Crippen LogP contribution in [0.5, 0.6) is 0 Å². The maximum Gasteiger partial charge on any atom is 0.416 e. The lowest BCUT2D eigenvalue weighted by atomic mass is 10.1. The summed E-state index contributed by atoms with van der Waals surface area (Å²) < 4.78 is 40.3. The standard InChI is InChI=1S/C19H23F3N6O/c1-13(2)6-7-27-11-16(28-12-24-25-26-28)9-17(27)18(29)23-10-14-4-3-5-15(8-14)19(20,21)22/h3-6,8,12,16-17H,7,9-11H2,1-2H3,(H,23,29)/t16-,17+/m1/s1. The van der Waals surface area contributed by atoms with Gasteiger partial charge < -0.3 is 5.32 Å². The fourth-order valence-electron chi connectivity index (χ4n) is 3.35. The molecular weight excluding hydrogens is 385 g/mol. The molecule has 0 saturated carbocycles. The number of tetrazole rings is 1. The molecular formula is C19H23F3N6O. The molecule has 1 amide bonds. The lowest BCUT2D eigenvalue weighted by Crippen LogP contribution is -2.43. The summed E-state index contributed by atoms with van der Waals surface area (Å²) in [7, 11) is 0. The van der Waals surface area contributed by atoms with E-state index in [1.165, 1.54) is 12.4 Å². The van der Waals surface area contributed by atoms with Gasteiger partial charge in [0.2, 0.25) is 5.91 Å². The largest absolute Gasteiger partial charge is 0.416 e. The Hall–Kier alpha value is -2.75. The molecule has 3 rings (SSSR count). The summed E-state index contributed by atoms with van der Waals surface area (Å²) in [5.74, 6) is -0.222. The van der Waals surface area contributed by atoms with Gasteiger partial charge in [-0.2, -0.15) is 13.2 Å². The van der Waals surface area contributed by atoms with Crippen LogP contribution < -0.4 is 5.32 Å². The molecule has 29 heavy (non-hydrogen) atoms. The summed E-state index contributed by atoms with van der Waals surface area (Å²) in [6, 6.07) is 4.52. The van der Waals surface area contributed by atoms with Crippen molar-refractivity contribution in [2.24, 2.45) is 0 Å². The van der Waals surface area contributed by atoms with E-state index in [9.17, 15) is 18.0 Å². The van der Waals surface area contributed by atoms with Gasteiger partial charge in [0.15, 0.2) is 0 Å². The number of halogens is 3. The number of alkyl halides is 3. The van der Waals surface area contributed by atoms with Crippen LogP contribution in [0.3, 0.4) is 0 Å². The van der Waals surface area contributed by atoms with Gasteiger partial charge in [0.25, 0.3) is 0 Å². The predicted octanol–water partition coefficient (Wildman–Crippen LogP) is 2.59. The van der Waals surface area contributed by atoms with Crippen LogP contribution in [0.4, 0.5) is 13.2 Å². The molecule has 1 saturated heterocycles. The highest BCUT2D eigenvalue weighted by atomic mass is 19.4. The van der Waals surface area contributed by atoms with Gasteiger partial charge in [-0.3, -0.25) is 9.69 Å². The first-order valence-electron chi connectivity index (χ1n) is 9.28. The van der Waals surface area contributed by atoms with Crippen molar-refractivity contribution in [3.8, 4) is 0 Å². The third kappa shape index (κ3) is 5.41. The number of amides is 1. The van der Waals surface area contributed by atoms with Crippen LogP contribution in [0.2, 0.25) is 0 Å². The highest BCUT2D eigenvalue weighted by Gasteiger charge is 2.37. The molecule has 1 aliphatic heterocycles. The van der Waals surface area contributed by atoms with Gasteiger partial charge in [0.05, 0.1) is 17.6 Å². The molecule has 1 aromatic heterocycles. The summed E-state index contributed by atoms with van der Waals surface area (Å²) in [6.45, 7) is 5.21. The van der Waals surface area contributed by atoms with Gasteiger partial charge in [-0.05, 0) is 48.4 Å². The molecule has 2 heterocycles. The fraction of sp³-hybridized carbons (Fsp3) is 0.474. The summed E-state index contributed by atoms with van der Waals surface area (Å²) in [6.07, 6.45) is -0.330. The summed E-state index contributed by atoms with van der Waals surface area (Å²) in [5, 5.41) is 14.0. The molecule has 1 N–H and O–H groups in total. The number of carbonyl (C=O) groups excluding carboxylic acids is 1. The molecule has 2 aromatic rings. The Morgan fingerprint density at radius 1 is 1.34 bits per heavy atom. The number of likely N-dealkylation sites (tertiary alicyclic amines) is 1. The molecule has 2 atom stereocenters. The molecule has 1 fully saturated rings. The van der Waals surface area contributed by atoms with E-state index >= 15 is 0 Å². The Bertz CT molecular complexity index is 861. The zero-order valence-electron chi connectivity index (χ0n) is 16.2. The Morgan fingerprint density at radius 3 is 2.79 bits per heavy atom. The fourth-order valence-corrected chi connectivity index (χ4v) is 3.35. The van der Waals surface area contributed by atoms with E-state index in [0.717, 1.165) is 17.7 Å². The van der Waals surface area contributed by atoms with Gasteiger partial charge in [0.1, 0.15) is 6.33 Å². The van der Waals surface area contributed by atoms with E-state index in [1.807, 2.05) is 24.8 Å². The van der Waals surface area contributed by atoms with Gasteiger partial charge in [0, 0.05) is 19.6 Å². The second-order valence-corrected chi connectivity index (χ2v) is 7.35. The zero-order valence-corrected chi connectivity index (χ0v) is 16.2. The monoisotopic (exact) mass is 408 g/mol.